The molecule has 0 fully saturated rings. The van der Waals surface area contributed by atoms with Crippen LogP contribution in [-0.2, 0) is 6.42 Å². The van der Waals surface area contributed by atoms with E-state index >= 15 is 0 Å². The lowest BCUT2D eigenvalue weighted by Gasteiger charge is -2.02. The van der Waals surface area contributed by atoms with Gasteiger partial charge in [-0.05, 0) is 25.5 Å². The van der Waals surface area contributed by atoms with Gasteiger partial charge in [-0.3, -0.25) is 0 Å². The Bertz CT molecular complexity index is 576. The number of rotatable bonds is 5. The van der Waals surface area contributed by atoms with E-state index in [0.29, 0.717) is 22.1 Å². The molecule has 1 aromatic carbocycles. The van der Waals surface area contributed by atoms with Crippen LogP contribution in [0.2, 0.25) is 0 Å². The number of hydrogen-bond donors (Lipinski definition) is 2. The van der Waals surface area contributed by atoms with E-state index in [1.54, 1.807) is 0 Å². The van der Waals surface area contributed by atoms with Gasteiger partial charge in [-0.25, -0.2) is 9.78 Å². The average Bonchev–Trinajstić information content (AvgIpc) is 2.76. The molecular weight excluding hydrogens is 260 g/mol. The summed E-state index contributed by atoms with van der Waals surface area (Å²) in [4.78, 5) is 15.8. The second-order valence-electron chi connectivity index (χ2n) is 4.34. The topological polar surface area (TPSA) is 62.2 Å². The van der Waals surface area contributed by atoms with Gasteiger partial charge < -0.3 is 10.4 Å². The molecule has 19 heavy (non-hydrogen) atoms. The van der Waals surface area contributed by atoms with Crippen molar-refractivity contribution in [3.63, 3.8) is 0 Å². The first-order valence-electron chi connectivity index (χ1n) is 6.17. The molecule has 0 saturated carbocycles. The van der Waals surface area contributed by atoms with Crippen LogP contribution in [0.3, 0.4) is 0 Å². The molecule has 2 N–H and O–H groups in total. The Balaban J connectivity index is 2.23. The maximum Gasteiger partial charge on any atom is 0.347 e. The summed E-state index contributed by atoms with van der Waals surface area (Å²) in [5.74, 6) is -0.905. The maximum absolute atomic E-state index is 11.1. The summed E-state index contributed by atoms with van der Waals surface area (Å²) in [7, 11) is 0. The molecule has 0 amide bonds. The highest BCUT2D eigenvalue weighted by Gasteiger charge is 2.16. The standard InChI is InChI=1S/C14H16N2O2S/c1-3-4-11-12(13(17)18)19-14(16-11)15-10-7-5-9(2)6-8-10/h5-8H,3-4H2,1-2H3,(H,15,16)(H,17,18). The lowest BCUT2D eigenvalue weighted by atomic mass is 10.2. The predicted molar refractivity (Wildman–Crippen MR) is 77.5 cm³/mol. The summed E-state index contributed by atoms with van der Waals surface area (Å²) in [6.07, 6.45) is 1.57. The van der Waals surface area contributed by atoms with Gasteiger partial charge in [0.1, 0.15) is 4.88 Å². The van der Waals surface area contributed by atoms with Crippen molar-refractivity contribution in [2.24, 2.45) is 0 Å². The Hall–Kier alpha value is -1.88. The van der Waals surface area contributed by atoms with Crippen molar-refractivity contribution < 1.29 is 9.90 Å². The molecule has 2 aromatic rings. The highest BCUT2D eigenvalue weighted by Crippen LogP contribution is 2.27. The Morgan fingerprint density at radius 1 is 1.37 bits per heavy atom. The number of carbonyl (C=O) groups is 1. The molecule has 100 valence electrons. The Labute approximate surface area is 116 Å². The number of nitrogens with zero attached hydrogens (tertiary/aromatic N) is 1. The normalized spacial score (nSPS) is 10.4. The van der Waals surface area contributed by atoms with Crippen molar-refractivity contribution >= 4 is 28.1 Å². The van der Waals surface area contributed by atoms with E-state index in [9.17, 15) is 4.79 Å². The third kappa shape index (κ3) is 3.32. The van der Waals surface area contributed by atoms with Crippen molar-refractivity contribution in [1.29, 1.82) is 0 Å². The Kier molecular flexibility index (Phi) is 4.16. The number of hydrogen-bond acceptors (Lipinski definition) is 4. The predicted octanol–water partition coefficient (Wildman–Crippen LogP) is 3.85. The molecule has 0 radical (unpaired) electrons. The van der Waals surface area contributed by atoms with Crippen LogP contribution in [-0.4, -0.2) is 16.1 Å². The first-order chi connectivity index (χ1) is 9.10. The lowest BCUT2D eigenvalue weighted by Crippen LogP contribution is -1.98. The summed E-state index contributed by atoms with van der Waals surface area (Å²) in [6, 6.07) is 7.91. The first-order valence-corrected chi connectivity index (χ1v) is 6.98. The highest BCUT2D eigenvalue weighted by molar-refractivity contribution is 7.17. The molecule has 1 aromatic heterocycles. The average molecular weight is 276 g/mol. The van der Waals surface area contributed by atoms with Gasteiger partial charge in [0.2, 0.25) is 0 Å². The zero-order valence-electron chi connectivity index (χ0n) is 10.9. The fourth-order valence-corrected chi connectivity index (χ4v) is 2.61. The third-order valence-corrected chi connectivity index (χ3v) is 3.68. The second kappa shape index (κ2) is 5.84. The van der Waals surface area contributed by atoms with Crippen molar-refractivity contribution in [2.75, 3.05) is 5.32 Å². The minimum atomic E-state index is -0.905. The quantitative estimate of drug-likeness (QED) is 0.870. The number of carboxylic acid groups (broad SMARTS) is 1. The lowest BCUT2D eigenvalue weighted by molar-refractivity contribution is 0.0700. The number of aryl methyl sites for hydroxylation is 2. The summed E-state index contributed by atoms with van der Waals surface area (Å²) in [6.45, 7) is 4.03. The molecule has 0 saturated heterocycles. The molecule has 0 bridgehead atoms. The monoisotopic (exact) mass is 276 g/mol. The van der Waals surface area contributed by atoms with E-state index in [2.05, 4.69) is 10.3 Å². The molecule has 0 aliphatic carbocycles. The number of anilines is 2. The largest absolute Gasteiger partial charge is 0.477 e. The summed E-state index contributed by atoms with van der Waals surface area (Å²) < 4.78 is 0. The van der Waals surface area contributed by atoms with E-state index in [-0.39, 0.29) is 0 Å². The van der Waals surface area contributed by atoms with Gasteiger partial charge in [-0.1, -0.05) is 42.4 Å². The van der Waals surface area contributed by atoms with Crippen molar-refractivity contribution in [3.05, 3.63) is 40.4 Å². The van der Waals surface area contributed by atoms with Gasteiger partial charge in [-0.15, -0.1) is 0 Å². The van der Waals surface area contributed by atoms with Crippen LogP contribution < -0.4 is 5.32 Å². The van der Waals surface area contributed by atoms with E-state index < -0.39 is 5.97 Å². The molecule has 5 heteroatoms. The molecule has 4 nitrogen and oxygen atoms in total. The number of aromatic nitrogens is 1. The van der Waals surface area contributed by atoms with Crippen LogP contribution in [0.4, 0.5) is 10.8 Å². The molecule has 2 rings (SSSR count). The van der Waals surface area contributed by atoms with Gasteiger partial charge in [0.05, 0.1) is 5.69 Å². The van der Waals surface area contributed by atoms with Crippen LogP contribution in [0.25, 0.3) is 0 Å². The van der Waals surface area contributed by atoms with Crippen molar-refractivity contribution in [1.82, 2.24) is 4.98 Å². The number of thiazole rings is 1. The zero-order valence-corrected chi connectivity index (χ0v) is 11.8. The number of carboxylic acids is 1. The molecule has 0 atom stereocenters. The van der Waals surface area contributed by atoms with Crippen molar-refractivity contribution in [3.8, 4) is 0 Å². The Morgan fingerprint density at radius 2 is 2.05 bits per heavy atom. The minimum Gasteiger partial charge on any atom is -0.477 e. The first kappa shape index (κ1) is 13.5. The van der Waals surface area contributed by atoms with Gasteiger partial charge in [0.15, 0.2) is 5.13 Å². The fraction of sp³-hybridized carbons (Fsp3) is 0.286. The number of aromatic carboxylic acids is 1. The van der Waals surface area contributed by atoms with E-state index in [4.69, 9.17) is 5.11 Å². The smallest absolute Gasteiger partial charge is 0.347 e. The van der Waals surface area contributed by atoms with E-state index in [1.165, 1.54) is 16.9 Å². The fourth-order valence-electron chi connectivity index (χ4n) is 1.74. The van der Waals surface area contributed by atoms with Gasteiger partial charge in [0, 0.05) is 5.69 Å². The minimum absolute atomic E-state index is 0.330. The molecule has 0 aliphatic rings. The molecule has 0 aliphatic heterocycles. The SMILES string of the molecule is CCCc1nc(Nc2ccc(C)cc2)sc1C(=O)O. The van der Waals surface area contributed by atoms with Crippen LogP contribution in [0, 0.1) is 6.92 Å². The van der Waals surface area contributed by atoms with Crippen LogP contribution in [0.5, 0.6) is 0 Å². The summed E-state index contributed by atoms with van der Waals surface area (Å²) >= 11 is 1.18. The van der Waals surface area contributed by atoms with Gasteiger partial charge in [-0.2, -0.15) is 0 Å². The second-order valence-corrected chi connectivity index (χ2v) is 5.34. The van der Waals surface area contributed by atoms with Crippen molar-refractivity contribution in [2.45, 2.75) is 26.7 Å². The number of nitrogens with one attached hydrogen (secondary N) is 1. The Morgan fingerprint density at radius 3 is 2.63 bits per heavy atom. The van der Waals surface area contributed by atoms with Crippen LogP contribution in [0.15, 0.2) is 24.3 Å². The molecule has 1 heterocycles. The maximum atomic E-state index is 11.1. The van der Waals surface area contributed by atoms with E-state index in [0.717, 1.165) is 12.1 Å². The number of benzene rings is 1. The summed E-state index contributed by atoms with van der Waals surface area (Å²) in [5.41, 5.74) is 2.76. The highest BCUT2D eigenvalue weighted by atomic mass is 32.1. The molecule has 0 spiro atoms. The van der Waals surface area contributed by atoms with Crippen LogP contribution >= 0.6 is 11.3 Å². The van der Waals surface area contributed by atoms with Crippen LogP contribution in [0.1, 0.15) is 34.3 Å². The zero-order chi connectivity index (χ0) is 13.8. The third-order valence-electron chi connectivity index (χ3n) is 2.68. The van der Waals surface area contributed by atoms with Gasteiger partial charge >= 0.3 is 5.97 Å². The molecular formula is C14H16N2O2S. The summed E-state index contributed by atoms with van der Waals surface area (Å²) in [5, 5.41) is 12.9. The van der Waals surface area contributed by atoms with E-state index in [1.807, 2.05) is 38.1 Å². The molecule has 0 unspecified atom stereocenters. The van der Waals surface area contributed by atoms with Gasteiger partial charge in [0.25, 0.3) is 0 Å².